The lowest BCUT2D eigenvalue weighted by molar-refractivity contribution is 0.398. The van der Waals surface area contributed by atoms with Crippen LogP contribution in [-0.4, -0.2) is 25.2 Å². The van der Waals surface area contributed by atoms with Crippen LogP contribution in [0.15, 0.2) is 24.4 Å². The average Bonchev–Trinajstić information content (AvgIpc) is 2.25. The van der Waals surface area contributed by atoms with E-state index >= 15 is 0 Å². The van der Waals surface area contributed by atoms with Crippen molar-refractivity contribution in [1.29, 1.82) is 0 Å². The van der Waals surface area contributed by atoms with Crippen molar-refractivity contribution in [2.45, 2.75) is 6.92 Å². The minimum Gasteiger partial charge on any atom is -0.481 e. The molecule has 0 radical (unpaired) electrons. The number of likely N-dealkylation sites (N-methyl/N-ethyl adjacent to an activating group) is 1. The van der Waals surface area contributed by atoms with E-state index in [1.807, 2.05) is 18.2 Å². The molecule has 0 bridgehead atoms. The van der Waals surface area contributed by atoms with E-state index in [1.54, 1.807) is 13.3 Å². The van der Waals surface area contributed by atoms with Crippen LogP contribution in [-0.2, 0) is 0 Å². The lowest BCUT2D eigenvalue weighted by Crippen LogP contribution is -2.11. The minimum absolute atomic E-state index is 0.647. The first kappa shape index (κ1) is 10.7. The van der Waals surface area contributed by atoms with E-state index < -0.39 is 0 Å². The van der Waals surface area contributed by atoms with Crippen LogP contribution in [0, 0.1) is 0 Å². The number of methoxy groups -OCH3 is 1. The zero-order valence-electron chi connectivity index (χ0n) is 8.66. The van der Waals surface area contributed by atoms with Crippen molar-refractivity contribution in [2.24, 2.45) is 0 Å². The Bertz CT molecular complexity index is 280. The van der Waals surface area contributed by atoms with Crippen LogP contribution in [0.1, 0.15) is 12.5 Å². The Balaban J connectivity index is 2.47. The van der Waals surface area contributed by atoms with Gasteiger partial charge in [0.1, 0.15) is 0 Å². The quantitative estimate of drug-likeness (QED) is 0.721. The standard InChI is InChI=1S/C11H16N2O/c1-3-12-8-4-5-10-6-7-11(14-2)13-9-10/h4-7,9,12H,3,8H2,1-2H3/b5-4+. The van der Waals surface area contributed by atoms with Gasteiger partial charge in [0.05, 0.1) is 7.11 Å². The van der Waals surface area contributed by atoms with Gasteiger partial charge >= 0.3 is 0 Å². The van der Waals surface area contributed by atoms with Crippen molar-refractivity contribution in [2.75, 3.05) is 20.2 Å². The van der Waals surface area contributed by atoms with Gasteiger partial charge in [0, 0.05) is 18.8 Å². The molecule has 0 fully saturated rings. The Morgan fingerprint density at radius 3 is 2.93 bits per heavy atom. The second-order valence-electron chi connectivity index (χ2n) is 2.84. The van der Waals surface area contributed by atoms with Gasteiger partial charge in [-0.1, -0.05) is 19.1 Å². The van der Waals surface area contributed by atoms with Crippen molar-refractivity contribution < 1.29 is 4.74 Å². The fraction of sp³-hybridized carbons (Fsp3) is 0.364. The third-order valence-corrected chi connectivity index (χ3v) is 1.79. The Morgan fingerprint density at radius 1 is 1.50 bits per heavy atom. The van der Waals surface area contributed by atoms with Crippen LogP contribution in [0.3, 0.4) is 0 Å². The van der Waals surface area contributed by atoms with E-state index in [1.165, 1.54) is 0 Å². The summed E-state index contributed by atoms with van der Waals surface area (Å²) in [5.41, 5.74) is 1.09. The highest BCUT2D eigenvalue weighted by molar-refractivity contribution is 5.48. The molecule has 0 saturated carbocycles. The number of nitrogens with zero attached hydrogens (tertiary/aromatic N) is 1. The Labute approximate surface area is 84.8 Å². The number of aromatic nitrogens is 1. The molecule has 0 atom stereocenters. The van der Waals surface area contributed by atoms with E-state index in [0.717, 1.165) is 18.7 Å². The summed E-state index contributed by atoms with van der Waals surface area (Å²) in [5, 5.41) is 3.21. The molecule has 1 aromatic heterocycles. The second-order valence-corrected chi connectivity index (χ2v) is 2.84. The van der Waals surface area contributed by atoms with Gasteiger partial charge in [-0.25, -0.2) is 4.98 Å². The van der Waals surface area contributed by atoms with E-state index in [2.05, 4.69) is 23.3 Å². The summed E-state index contributed by atoms with van der Waals surface area (Å²) in [6.07, 6.45) is 5.91. The molecule has 0 unspecified atom stereocenters. The maximum atomic E-state index is 4.96. The third-order valence-electron chi connectivity index (χ3n) is 1.79. The second kappa shape index (κ2) is 6.16. The van der Waals surface area contributed by atoms with Gasteiger partial charge in [0.15, 0.2) is 0 Å². The highest BCUT2D eigenvalue weighted by Gasteiger charge is 1.90. The van der Waals surface area contributed by atoms with Gasteiger partial charge in [-0.15, -0.1) is 0 Å². The lowest BCUT2D eigenvalue weighted by atomic mass is 10.2. The van der Waals surface area contributed by atoms with Gasteiger partial charge in [0.2, 0.25) is 5.88 Å². The maximum absolute atomic E-state index is 4.96. The molecular weight excluding hydrogens is 176 g/mol. The molecule has 0 aliphatic carbocycles. The van der Waals surface area contributed by atoms with Gasteiger partial charge in [-0.3, -0.25) is 0 Å². The average molecular weight is 192 g/mol. The van der Waals surface area contributed by atoms with E-state index in [4.69, 9.17) is 4.74 Å². The summed E-state index contributed by atoms with van der Waals surface area (Å²) in [4.78, 5) is 4.10. The highest BCUT2D eigenvalue weighted by Crippen LogP contribution is 2.07. The van der Waals surface area contributed by atoms with E-state index in [-0.39, 0.29) is 0 Å². The van der Waals surface area contributed by atoms with E-state index in [0.29, 0.717) is 5.88 Å². The zero-order chi connectivity index (χ0) is 10.2. The molecule has 76 valence electrons. The molecule has 0 saturated heterocycles. The zero-order valence-corrected chi connectivity index (χ0v) is 8.66. The topological polar surface area (TPSA) is 34.1 Å². The lowest BCUT2D eigenvalue weighted by Gasteiger charge is -1.98. The molecule has 1 heterocycles. The molecule has 0 spiro atoms. The SMILES string of the molecule is CCNC/C=C/c1ccc(OC)nc1. The number of pyridine rings is 1. The maximum Gasteiger partial charge on any atom is 0.212 e. The number of rotatable bonds is 5. The largest absolute Gasteiger partial charge is 0.481 e. The number of hydrogen-bond donors (Lipinski definition) is 1. The molecule has 3 heteroatoms. The Kier molecular flexibility index (Phi) is 4.72. The summed E-state index contributed by atoms with van der Waals surface area (Å²) in [6.45, 7) is 3.97. The van der Waals surface area contributed by atoms with Crippen LogP contribution >= 0.6 is 0 Å². The molecule has 0 aliphatic heterocycles. The summed E-state index contributed by atoms with van der Waals surface area (Å²) >= 11 is 0. The van der Waals surface area contributed by atoms with E-state index in [9.17, 15) is 0 Å². The molecule has 1 aromatic rings. The Hall–Kier alpha value is -1.35. The molecule has 1 N–H and O–H groups in total. The monoisotopic (exact) mass is 192 g/mol. The number of nitrogens with one attached hydrogen (secondary N) is 1. The van der Waals surface area contributed by atoms with Crippen molar-refractivity contribution in [1.82, 2.24) is 10.3 Å². The fourth-order valence-corrected chi connectivity index (χ4v) is 1.03. The summed E-state index contributed by atoms with van der Waals surface area (Å²) in [7, 11) is 1.61. The van der Waals surface area contributed by atoms with Gasteiger partial charge in [-0.05, 0) is 18.2 Å². The van der Waals surface area contributed by atoms with Gasteiger partial charge in [0.25, 0.3) is 0 Å². The molecule has 3 nitrogen and oxygen atoms in total. The molecule has 14 heavy (non-hydrogen) atoms. The number of hydrogen-bond acceptors (Lipinski definition) is 3. The predicted molar refractivity (Wildman–Crippen MR) is 58.4 cm³/mol. The predicted octanol–water partition coefficient (Wildman–Crippen LogP) is 1.71. The molecule has 0 aliphatic rings. The molecular formula is C11H16N2O. The molecule has 0 amide bonds. The van der Waals surface area contributed by atoms with Crippen LogP contribution < -0.4 is 10.1 Å². The third kappa shape index (κ3) is 3.58. The van der Waals surface area contributed by atoms with Crippen LogP contribution in [0.5, 0.6) is 5.88 Å². The van der Waals surface area contributed by atoms with Gasteiger partial charge in [-0.2, -0.15) is 0 Å². The van der Waals surface area contributed by atoms with Crippen molar-refractivity contribution in [3.8, 4) is 5.88 Å². The van der Waals surface area contributed by atoms with Crippen molar-refractivity contribution >= 4 is 6.08 Å². The summed E-state index contributed by atoms with van der Waals surface area (Å²) in [6, 6.07) is 3.83. The first-order valence-corrected chi connectivity index (χ1v) is 4.74. The Morgan fingerprint density at radius 2 is 2.36 bits per heavy atom. The van der Waals surface area contributed by atoms with Crippen molar-refractivity contribution in [3.05, 3.63) is 30.0 Å². The minimum atomic E-state index is 0.647. The smallest absolute Gasteiger partial charge is 0.212 e. The fourth-order valence-electron chi connectivity index (χ4n) is 1.03. The van der Waals surface area contributed by atoms with Crippen LogP contribution in [0.2, 0.25) is 0 Å². The number of ether oxygens (including phenoxy) is 1. The van der Waals surface area contributed by atoms with Gasteiger partial charge < -0.3 is 10.1 Å². The first-order chi connectivity index (χ1) is 6.86. The van der Waals surface area contributed by atoms with Crippen LogP contribution in [0.4, 0.5) is 0 Å². The van der Waals surface area contributed by atoms with Crippen LogP contribution in [0.25, 0.3) is 6.08 Å². The summed E-state index contributed by atoms with van der Waals surface area (Å²) in [5.74, 6) is 0.647. The highest BCUT2D eigenvalue weighted by atomic mass is 16.5. The molecule has 1 rings (SSSR count). The first-order valence-electron chi connectivity index (χ1n) is 4.74. The molecule has 0 aromatic carbocycles. The summed E-state index contributed by atoms with van der Waals surface area (Å²) < 4.78 is 4.96. The normalized spacial score (nSPS) is 10.7. The van der Waals surface area contributed by atoms with Crippen molar-refractivity contribution in [3.63, 3.8) is 0 Å².